The summed E-state index contributed by atoms with van der Waals surface area (Å²) < 4.78 is 5.15. The zero-order valence-corrected chi connectivity index (χ0v) is 13.4. The van der Waals surface area contributed by atoms with Gasteiger partial charge in [0.2, 0.25) is 11.8 Å². The van der Waals surface area contributed by atoms with Crippen LogP contribution < -0.4 is 11.1 Å². The number of carbonyl (C=O) groups is 3. The van der Waals surface area contributed by atoms with Crippen molar-refractivity contribution >= 4 is 30.2 Å². The molecule has 0 saturated carbocycles. The average Bonchev–Trinajstić information content (AvgIpc) is 2.50. The minimum absolute atomic E-state index is 0. The Bertz CT molecular complexity index is 553. The smallest absolute Gasteiger partial charge is 0.308 e. The normalized spacial score (nSPS) is 17.3. The molecule has 2 amide bonds. The van der Waals surface area contributed by atoms with Gasteiger partial charge in [0.1, 0.15) is 6.61 Å². The van der Waals surface area contributed by atoms with E-state index in [4.69, 9.17) is 10.5 Å². The molecular formula is C15H20ClN3O4. The maximum Gasteiger partial charge on any atom is 0.308 e. The largest absolute Gasteiger partial charge is 0.461 e. The molecule has 1 atom stereocenters. The number of ether oxygens (including phenoxy) is 1. The Kier molecular flexibility index (Phi) is 7.50. The molecule has 1 heterocycles. The van der Waals surface area contributed by atoms with Crippen LogP contribution >= 0.6 is 12.4 Å². The molecular weight excluding hydrogens is 322 g/mol. The van der Waals surface area contributed by atoms with Gasteiger partial charge in [0, 0.05) is 13.1 Å². The number of hydrogen-bond donors (Lipinski definition) is 2. The molecule has 3 N–H and O–H groups in total. The molecule has 126 valence electrons. The fourth-order valence-corrected chi connectivity index (χ4v) is 2.26. The molecule has 0 unspecified atom stereocenters. The predicted molar refractivity (Wildman–Crippen MR) is 85.7 cm³/mol. The number of halogens is 1. The zero-order valence-electron chi connectivity index (χ0n) is 12.6. The monoisotopic (exact) mass is 341 g/mol. The molecule has 7 nitrogen and oxygen atoms in total. The van der Waals surface area contributed by atoms with Crippen LogP contribution in [0.5, 0.6) is 0 Å². The van der Waals surface area contributed by atoms with Crippen LogP contribution in [-0.2, 0) is 25.7 Å². The van der Waals surface area contributed by atoms with Crippen LogP contribution in [0.4, 0.5) is 0 Å². The van der Waals surface area contributed by atoms with Crippen LogP contribution in [0, 0.1) is 0 Å². The highest BCUT2D eigenvalue weighted by Crippen LogP contribution is 2.08. The third kappa shape index (κ3) is 5.88. The van der Waals surface area contributed by atoms with Gasteiger partial charge < -0.3 is 20.7 Å². The lowest BCUT2D eigenvalue weighted by Crippen LogP contribution is -2.57. The second kappa shape index (κ2) is 9.12. The highest BCUT2D eigenvalue weighted by atomic mass is 35.5. The van der Waals surface area contributed by atoms with Crippen molar-refractivity contribution < 1.29 is 19.1 Å². The van der Waals surface area contributed by atoms with Gasteiger partial charge in [0.15, 0.2) is 0 Å². The Balaban J connectivity index is 0.00000264. The van der Waals surface area contributed by atoms with Crippen molar-refractivity contribution in [2.75, 3.05) is 19.6 Å². The number of carbonyl (C=O) groups excluding carboxylic acids is 3. The molecule has 1 fully saturated rings. The molecule has 1 aromatic carbocycles. The number of nitrogens with zero attached hydrogens (tertiary/aromatic N) is 1. The molecule has 0 aliphatic carbocycles. The summed E-state index contributed by atoms with van der Waals surface area (Å²) in [6.45, 7) is 0.953. The quantitative estimate of drug-likeness (QED) is 0.699. The summed E-state index contributed by atoms with van der Waals surface area (Å²) in [4.78, 5) is 36.2. The number of rotatable bonds is 6. The Morgan fingerprint density at radius 2 is 2.00 bits per heavy atom. The van der Waals surface area contributed by atoms with Crippen LogP contribution in [0.15, 0.2) is 30.3 Å². The van der Waals surface area contributed by atoms with Crippen molar-refractivity contribution in [2.24, 2.45) is 5.73 Å². The van der Waals surface area contributed by atoms with Gasteiger partial charge in [-0.15, -0.1) is 12.4 Å². The topological polar surface area (TPSA) is 102 Å². The summed E-state index contributed by atoms with van der Waals surface area (Å²) in [5, 5.41) is 2.96. The second-order valence-corrected chi connectivity index (χ2v) is 5.08. The highest BCUT2D eigenvalue weighted by molar-refractivity contribution is 5.90. The minimum Gasteiger partial charge on any atom is -0.461 e. The first-order chi connectivity index (χ1) is 10.6. The maximum atomic E-state index is 12.1. The Labute approximate surface area is 140 Å². The van der Waals surface area contributed by atoms with Crippen LogP contribution in [-0.4, -0.2) is 48.4 Å². The van der Waals surface area contributed by atoms with E-state index in [1.807, 2.05) is 30.3 Å². The van der Waals surface area contributed by atoms with Crippen LogP contribution in [0.1, 0.15) is 12.0 Å². The van der Waals surface area contributed by atoms with Gasteiger partial charge in [-0.3, -0.25) is 14.4 Å². The van der Waals surface area contributed by atoms with E-state index in [0.717, 1.165) is 5.56 Å². The Morgan fingerprint density at radius 1 is 1.30 bits per heavy atom. The van der Waals surface area contributed by atoms with Gasteiger partial charge in [-0.2, -0.15) is 0 Å². The fourth-order valence-electron chi connectivity index (χ4n) is 2.26. The Hall–Kier alpha value is -2.12. The molecule has 23 heavy (non-hydrogen) atoms. The first kappa shape index (κ1) is 18.9. The fraction of sp³-hybridized carbons (Fsp3) is 0.400. The summed E-state index contributed by atoms with van der Waals surface area (Å²) in [6, 6.07) is 8.63. The van der Waals surface area contributed by atoms with Crippen LogP contribution in [0.3, 0.4) is 0 Å². The molecule has 0 aromatic heterocycles. The van der Waals surface area contributed by atoms with E-state index in [-0.39, 0.29) is 37.9 Å². The lowest BCUT2D eigenvalue weighted by Gasteiger charge is -2.31. The molecule has 8 heteroatoms. The number of esters is 1. The summed E-state index contributed by atoms with van der Waals surface area (Å²) in [7, 11) is 0. The van der Waals surface area contributed by atoms with Gasteiger partial charge in [-0.25, -0.2) is 0 Å². The first-order valence-electron chi connectivity index (χ1n) is 7.06. The van der Waals surface area contributed by atoms with Crippen molar-refractivity contribution in [3.8, 4) is 0 Å². The number of nitrogens with one attached hydrogen (secondary N) is 1. The van der Waals surface area contributed by atoms with Crippen molar-refractivity contribution in [3.63, 3.8) is 0 Å². The standard InChI is InChI=1S/C15H19N3O4.ClH/c16-13(19)9-18-7-6-17-12(15(18)21)8-14(20)22-10-11-4-2-1-3-5-11;/h1-5,12,17H,6-10H2,(H2,16,19);1H/t12-;/m0./s1. The zero-order chi connectivity index (χ0) is 15.9. The van der Waals surface area contributed by atoms with E-state index < -0.39 is 17.9 Å². The van der Waals surface area contributed by atoms with Crippen LogP contribution in [0.25, 0.3) is 0 Å². The van der Waals surface area contributed by atoms with Gasteiger partial charge in [0.05, 0.1) is 19.0 Å². The number of benzene rings is 1. The highest BCUT2D eigenvalue weighted by Gasteiger charge is 2.31. The molecule has 1 aliphatic rings. The third-order valence-corrected chi connectivity index (χ3v) is 3.34. The maximum absolute atomic E-state index is 12.1. The van der Waals surface area contributed by atoms with Gasteiger partial charge >= 0.3 is 5.97 Å². The van der Waals surface area contributed by atoms with Crippen molar-refractivity contribution in [1.29, 1.82) is 0 Å². The second-order valence-electron chi connectivity index (χ2n) is 5.08. The summed E-state index contributed by atoms with van der Waals surface area (Å²) in [6.07, 6.45) is -0.0685. The lowest BCUT2D eigenvalue weighted by atomic mass is 10.1. The summed E-state index contributed by atoms with van der Waals surface area (Å²) in [5.41, 5.74) is 5.98. The van der Waals surface area contributed by atoms with Crippen molar-refractivity contribution in [2.45, 2.75) is 19.1 Å². The molecule has 2 rings (SSSR count). The molecule has 1 aliphatic heterocycles. The van der Waals surface area contributed by atoms with E-state index in [0.29, 0.717) is 13.1 Å². The third-order valence-electron chi connectivity index (χ3n) is 3.34. The van der Waals surface area contributed by atoms with E-state index in [2.05, 4.69) is 5.32 Å². The van der Waals surface area contributed by atoms with Crippen LogP contribution in [0.2, 0.25) is 0 Å². The minimum atomic E-state index is -0.670. The first-order valence-corrected chi connectivity index (χ1v) is 7.06. The van der Waals surface area contributed by atoms with Crippen molar-refractivity contribution in [1.82, 2.24) is 10.2 Å². The van der Waals surface area contributed by atoms with E-state index in [9.17, 15) is 14.4 Å². The summed E-state index contributed by atoms with van der Waals surface area (Å²) >= 11 is 0. The van der Waals surface area contributed by atoms with Gasteiger partial charge in [-0.05, 0) is 5.56 Å². The summed E-state index contributed by atoms with van der Waals surface area (Å²) in [5.74, 6) is -1.34. The molecule has 1 aromatic rings. The molecule has 0 bridgehead atoms. The molecule has 0 spiro atoms. The molecule has 1 saturated heterocycles. The number of piperazine rings is 1. The van der Waals surface area contributed by atoms with Gasteiger partial charge in [0.25, 0.3) is 0 Å². The SMILES string of the molecule is Cl.NC(=O)CN1CCN[C@@H](CC(=O)OCc2ccccc2)C1=O. The lowest BCUT2D eigenvalue weighted by molar-refractivity contribution is -0.149. The number of amides is 2. The predicted octanol–water partition coefficient (Wildman–Crippen LogP) is -0.173. The van der Waals surface area contributed by atoms with E-state index in [1.165, 1.54) is 4.90 Å². The average molecular weight is 342 g/mol. The van der Waals surface area contributed by atoms with Crippen molar-refractivity contribution in [3.05, 3.63) is 35.9 Å². The van der Waals surface area contributed by atoms with E-state index >= 15 is 0 Å². The Morgan fingerprint density at radius 3 is 2.65 bits per heavy atom. The molecule has 0 radical (unpaired) electrons. The number of hydrogen-bond acceptors (Lipinski definition) is 5. The number of primary amides is 1. The number of nitrogens with two attached hydrogens (primary N) is 1. The van der Waals surface area contributed by atoms with E-state index in [1.54, 1.807) is 0 Å². The van der Waals surface area contributed by atoms with Gasteiger partial charge in [-0.1, -0.05) is 30.3 Å².